The summed E-state index contributed by atoms with van der Waals surface area (Å²) in [6.45, 7) is 3.71. The lowest BCUT2D eigenvalue weighted by molar-refractivity contribution is -0.124. The predicted molar refractivity (Wildman–Crippen MR) is 77.5 cm³/mol. The Kier molecular flexibility index (Phi) is 3.05. The van der Waals surface area contributed by atoms with Crippen LogP contribution in [0.15, 0.2) is 21.9 Å². The van der Waals surface area contributed by atoms with Crippen molar-refractivity contribution in [3.05, 3.63) is 22.4 Å². The van der Waals surface area contributed by atoms with Crippen LogP contribution in [0.5, 0.6) is 0 Å². The number of carbonyl (C=O) groups is 1. The number of rotatable bonds is 1. The Morgan fingerprint density at radius 1 is 1.37 bits per heavy atom. The van der Waals surface area contributed by atoms with Gasteiger partial charge in [-0.3, -0.25) is 14.8 Å². The number of hydrogen-bond acceptors (Lipinski definition) is 4. The average Bonchev–Trinajstić information content (AvgIpc) is 2.73. The first-order valence-corrected chi connectivity index (χ1v) is 7.11. The van der Waals surface area contributed by atoms with Crippen molar-refractivity contribution in [2.24, 2.45) is 4.99 Å². The smallest absolute Gasteiger partial charge is 0.253 e. The van der Waals surface area contributed by atoms with Gasteiger partial charge in [-0.2, -0.15) is 0 Å². The summed E-state index contributed by atoms with van der Waals surface area (Å²) < 4.78 is 1.00. The fourth-order valence-corrected chi connectivity index (χ4v) is 3.47. The maximum atomic E-state index is 11.9. The Hall–Kier alpha value is -1.43. The van der Waals surface area contributed by atoms with E-state index in [1.807, 2.05) is 12.4 Å². The molecule has 0 bridgehead atoms. The van der Waals surface area contributed by atoms with Gasteiger partial charge < -0.3 is 10.2 Å². The monoisotopic (exact) mass is 322 g/mol. The fourth-order valence-electron chi connectivity index (χ4n) is 2.79. The summed E-state index contributed by atoms with van der Waals surface area (Å²) in [4.78, 5) is 22.7. The molecule has 0 unspecified atom stereocenters. The van der Waals surface area contributed by atoms with Crippen molar-refractivity contribution < 1.29 is 4.79 Å². The standard InChI is InChI=1S/C13H15BrN4O/c1-9-6-15-7-10(14)11(9)18-4-2-13(3-5-18)12(19)16-8-17-13/h6-8H,2-5H2,1H3,(H,16,17,19). The highest BCUT2D eigenvalue weighted by Gasteiger charge is 2.43. The molecule has 2 aliphatic rings. The normalized spacial score (nSPS) is 20.9. The molecule has 19 heavy (non-hydrogen) atoms. The molecular formula is C13H15BrN4O. The van der Waals surface area contributed by atoms with E-state index in [1.54, 1.807) is 0 Å². The van der Waals surface area contributed by atoms with Crippen LogP contribution in [0, 0.1) is 6.92 Å². The Morgan fingerprint density at radius 2 is 2.11 bits per heavy atom. The molecule has 1 spiro atoms. The van der Waals surface area contributed by atoms with Crippen molar-refractivity contribution in [1.29, 1.82) is 0 Å². The van der Waals surface area contributed by atoms with Crippen LogP contribution in [0.4, 0.5) is 5.69 Å². The number of piperidine rings is 1. The van der Waals surface area contributed by atoms with Crippen LogP contribution in [0.2, 0.25) is 0 Å². The number of anilines is 1. The average molecular weight is 323 g/mol. The Bertz CT molecular complexity index is 529. The van der Waals surface area contributed by atoms with Crippen LogP contribution in [-0.2, 0) is 4.79 Å². The van der Waals surface area contributed by atoms with E-state index in [0.717, 1.165) is 36.0 Å². The lowest BCUT2D eigenvalue weighted by Gasteiger charge is -2.37. The molecule has 6 heteroatoms. The first kappa shape index (κ1) is 12.6. The quantitative estimate of drug-likeness (QED) is 0.855. The van der Waals surface area contributed by atoms with Gasteiger partial charge in [-0.1, -0.05) is 0 Å². The van der Waals surface area contributed by atoms with Crippen LogP contribution in [0.3, 0.4) is 0 Å². The molecule has 100 valence electrons. The summed E-state index contributed by atoms with van der Waals surface area (Å²) in [6, 6.07) is 0. The Labute approximate surface area is 120 Å². The third-order valence-corrected chi connectivity index (χ3v) is 4.47. The van der Waals surface area contributed by atoms with Gasteiger partial charge in [0.2, 0.25) is 0 Å². The number of halogens is 1. The van der Waals surface area contributed by atoms with Crippen LogP contribution in [0.1, 0.15) is 18.4 Å². The highest BCUT2D eigenvalue weighted by Crippen LogP contribution is 2.35. The van der Waals surface area contributed by atoms with E-state index in [1.165, 1.54) is 12.0 Å². The molecule has 1 saturated heterocycles. The van der Waals surface area contributed by atoms with Crippen molar-refractivity contribution in [2.45, 2.75) is 25.3 Å². The molecule has 1 aromatic heterocycles. The minimum atomic E-state index is -0.524. The molecule has 0 aromatic carbocycles. The van der Waals surface area contributed by atoms with Crippen molar-refractivity contribution in [3.63, 3.8) is 0 Å². The van der Waals surface area contributed by atoms with E-state index in [-0.39, 0.29) is 5.91 Å². The SMILES string of the molecule is Cc1cncc(Br)c1N1CCC2(CC1)N=CNC2=O. The molecule has 3 rings (SSSR count). The zero-order valence-corrected chi connectivity index (χ0v) is 12.3. The topological polar surface area (TPSA) is 57.6 Å². The molecule has 0 atom stereocenters. The van der Waals surface area contributed by atoms with Gasteiger partial charge in [0.25, 0.3) is 5.91 Å². The number of hydrogen-bond donors (Lipinski definition) is 1. The first-order chi connectivity index (χ1) is 9.12. The second kappa shape index (κ2) is 4.59. The number of pyridine rings is 1. The van der Waals surface area contributed by atoms with Crippen molar-refractivity contribution >= 4 is 33.9 Å². The molecule has 5 nitrogen and oxygen atoms in total. The zero-order valence-electron chi connectivity index (χ0n) is 10.7. The second-order valence-electron chi connectivity index (χ2n) is 5.04. The molecular weight excluding hydrogens is 308 g/mol. The fraction of sp³-hybridized carbons (Fsp3) is 0.462. The largest absolute Gasteiger partial charge is 0.370 e. The molecule has 0 saturated carbocycles. The summed E-state index contributed by atoms with van der Waals surface area (Å²) in [5.74, 6) is 0.0395. The number of aryl methyl sites for hydroxylation is 1. The highest BCUT2D eigenvalue weighted by molar-refractivity contribution is 9.10. The molecule has 3 heterocycles. The third-order valence-electron chi connectivity index (χ3n) is 3.89. The molecule has 1 N–H and O–H groups in total. The van der Waals surface area contributed by atoms with E-state index in [4.69, 9.17) is 0 Å². The van der Waals surface area contributed by atoms with Gasteiger partial charge >= 0.3 is 0 Å². The van der Waals surface area contributed by atoms with Gasteiger partial charge in [0.15, 0.2) is 0 Å². The summed E-state index contributed by atoms with van der Waals surface area (Å²) in [5.41, 5.74) is 1.79. The number of nitrogens with one attached hydrogen (secondary N) is 1. The number of amides is 1. The van der Waals surface area contributed by atoms with Crippen molar-refractivity contribution in [2.75, 3.05) is 18.0 Å². The highest BCUT2D eigenvalue weighted by atomic mass is 79.9. The number of aromatic nitrogens is 1. The molecule has 1 aromatic rings. The van der Waals surface area contributed by atoms with Gasteiger partial charge in [-0.25, -0.2) is 0 Å². The lowest BCUT2D eigenvalue weighted by atomic mass is 9.87. The minimum absolute atomic E-state index is 0.0395. The molecule has 0 radical (unpaired) electrons. The lowest BCUT2D eigenvalue weighted by Crippen LogP contribution is -2.49. The van der Waals surface area contributed by atoms with E-state index in [2.05, 4.69) is 43.0 Å². The number of carbonyl (C=O) groups excluding carboxylic acids is 1. The van der Waals surface area contributed by atoms with Crippen LogP contribution >= 0.6 is 15.9 Å². The maximum Gasteiger partial charge on any atom is 0.253 e. The molecule has 2 aliphatic heterocycles. The zero-order chi connectivity index (χ0) is 13.5. The van der Waals surface area contributed by atoms with E-state index < -0.39 is 5.54 Å². The molecule has 1 fully saturated rings. The third kappa shape index (κ3) is 2.04. The van der Waals surface area contributed by atoms with E-state index >= 15 is 0 Å². The van der Waals surface area contributed by atoms with Gasteiger partial charge in [0, 0.05) is 25.5 Å². The summed E-state index contributed by atoms with van der Waals surface area (Å²) in [5, 5.41) is 2.69. The van der Waals surface area contributed by atoms with E-state index in [9.17, 15) is 4.79 Å². The minimum Gasteiger partial charge on any atom is -0.370 e. The Morgan fingerprint density at radius 3 is 2.68 bits per heavy atom. The van der Waals surface area contributed by atoms with Crippen molar-refractivity contribution in [3.8, 4) is 0 Å². The van der Waals surface area contributed by atoms with Crippen LogP contribution in [-0.4, -0.2) is 35.9 Å². The molecule has 0 aliphatic carbocycles. The number of nitrogens with zero attached hydrogens (tertiary/aromatic N) is 3. The second-order valence-corrected chi connectivity index (χ2v) is 5.89. The first-order valence-electron chi connectivity index (χ1n) is 6.32. The van der Waals surface area contributed by atoms with Crippen LogP contribution in [0.25, 0.3) is 0 Å². The van der Waals surface area contributed by atoms with Gasteiger partial charge in [-0.05, 0) is 41.3 Å². The Balaban J connectivity index is 1.81. The summed E-state index contributed by atoms with van der Waals surface area (Å²) in [6.07, 6.45) is 6.72. The van der Waals surface area contributed by atoms with Gasteiger partial charge in [-0.15, -0.1) is 0 Å². The maximum absolute atomic E-state index is 11.9. The molecule has 1 amide bonds. The number of aliphatic imine (C=N–C) groups is 1. The predicted octanol–water partition coefficient (Wildman–Crippen LogP) is 1.65. The van der Waals surface area contributed by atoms with Gasteiger partial charge in [0.1, 0.15) is 5.54 Å². The summed E-state index contributed by atoms with van der Waals surface area (Å²) in [7, 11) is 0. The summed E-state index contributed by atoms with van der Waals surface area (Å²) >= 11 is 3.56. The van der Waals surface area contributed by atoms with Crippen LogP contribution < -0.4 is 10.2 Å². The van der Waals surface area contributed by atoms with E-state index in [0.29, 0.717) is 0 Å². The van der Waals surface area contributed by atoms with Crippen molar-refractivity contribution in [1.82, 2.24) is 10.3 Å². The van der Waals surface area contributed by atoms with Gasteiger partial charge in [0.05, 0.1) is 16.5 Å².